The SMILES string of the molecule is Cc1cn([C@H]2CC(OP(OCCC#N)N(C(C)C)C(C)C)[C@@H](CCS(=O)(=O)N3C=CNC3)O2)c(=O)[nH]c1=O. The van der Waals surface area contributed by atoms with Crippen LogP contribution >= 0.6 is 8.53 Å². The molecule has 1 aromatic heterocycles. The van der Waals surface area contributed by atoms with Gasteiger partial charge in [0, 0.05) is 42.7 Å². The van der Waals surface area contributed by atoms with Gasteiger partial charge in [-0.1, -0.05) is 0 Å². The molecule has 15 heteroatoms. The Labute approximate surface area is 224 Å². The highest BCUT2D eigenvalue weighted by Crippen LogP contribution is 2.50. The molecule has 1 saturated heterocycles. The Morgan fingerprint density at radius 2 is 2.00 bits per heavy atom. The molecule has 38 heavy (non-hydrogen) atoms. The lowest BCUT2D eigenvalue weighted by Crippen LogP contribution is -2.36. The molecule has 3 heterocycles. The number of sulfonamides is 1. The number of aromatic nitrogens is 2. The smallest absolute Gasteiger partial charge is 0.330 e. The van der Waals surface area contributed by atoms with E-state index in [2.05, 4.69) is 21.0 Å². The van der Waals surface area contributed by atoms with E-state index >= 15 is 0 Å². The van der Waals surface area contributed by atoms with E-state index in [0.717, 1.165) is 0 Å². The minimum absolute atomic E-state index is 0.0686. The van der Waals surface area contributed by atoms with Gasteiger partial charge in [0.15, 0.2) is 0 Å². The molecule has 2 unspecified atom stereocenters. The van der Waals surface area contributed by atoms with Crippen LogP contribution in [0.5, 0.6) is 0 Å². The zero-order chi connectivity index (χ0) is 28.0. The maximum absolute atomic E-state index is 12.9. The number of aromatic amines is 1. The van der Waals surface area contributed by atoms with Crippen molar-refractivity contribution in [2.24, 2.45) is 0 Å². The molecule has 1 aromatic rings. The van der Waals surface area contributed by atoms with Crippen molar-refractivity contribution in [1.29, 1.82) is 5.26 Å². The first-order valence-corrected chi connectivity index (χ1v) is 15.3. The number of nitriles is 1. The molecule has 2 aliphatic rings. The van der Waals surface area contributed by atoms with E-state index in [0.29, 0.717) is 5.56 Å². The van der Waals surface area contributed by atoms with Crippen LogP contribution in [-0.2, 0) is 23.8 Å². The van der Waals surface area contributed by atoms with E-state index in [-0.39, 0.29) is 50.4 Å². The fraction of sp³-hybridized carbons (Fsp3) is 0.696. The van der Waals surface area contributed by atoms with E-state index in [1.54, 1.807) is 13.1 Å². The van der Waals surface area contributed by atoms with Crippen molar-refractivity contribution < 1.29 is 22.2 Å². The first kappa shape index (κ1) is 30.3. The summed E-state index contributed by atoms with van der Waals surface area (Å²) in [6, 6.07) is 2.21. The molecule has 0 radical (unpaired) electrons. The Bertz CT molecular complexity index is 1230. The predicted octanol–water partition coefficient (Wildman–Crippen LogP) is 1.85. The fourth-order valence-electron chi connectivity index (χ4n) is 4.35. The third kappa shape index (κ3) is 7.43. The summed E-state index contributed by atoms with van der Waals surface area (Å²) in [7, 11) is -5.23. The summed E-state index contributed by atoms with van der Waals surface area (Å²) in [5, 5.41) is 11.8. The topological polar surface area (TPSA) is 159 Å². The second-order valence-electron chi connectivity index (χ2n) is 9.70. The Morgan fingerprint density at radius 3 is 2.61 bits per heavy atom. The van der Waals surface area contributed by atoms with Gasteiger partial charge >= 0.3 is 5.69 Å². The standard InChI is InChI=1S/C23H37N6O7PS/c1-16(2)29(17(3)4)37(34-11-6-8-24)36-20-13-21(28-14-18(5)22(30)26-23(28)31)35-19(20)7-12-38(32,33)27-10-9-25-15-27/h9-10,14,16-17,19-21,25H,6-7,11-13,15H2,1-5H3,(H,26,30,31)/t19-,20?,21-,37?/m1/s1. The Morgan fingerprint density at radius 1 is 1.29 bits per heavy atom. The summed E-state index contributed by atoms with van der Waals surface area (Å²) in [5.74, 6) is -0.193. The third-order valence-corrected chi connectivity index (χ3v) is 10.0. The van der Waals surface area contributed by atoms with Crippen LogP contribution in [0.25, 0.3) is 0 Å². The van der Waals surface area contributed by atoms with Crippen molar-refractivity contribution >= 4 is 18.5 Å². The van der Waals surface area contributed by atoms with Crippen LogP contribution in [0.2, 0.25) is 0 Å². The number of nitrogens with one attached hydrogen (secondary N) is 2. The molecule has 2 aliphatic heterocycles. The van der Waals surface area contributed by atoms with Gasteiger partial charge in [-0.15, -0.1) is 0 Å². The average Bonchev–Trinajstić information content (AvgIpc) is 3.51. The first-order chi connectivity index (χ1) is 17.9. The second-order valence-corrected chi connectivity index (χ2v) is 13.2. The molecular formula is C23H37N6O7PS. The van der Waals surface area contributed by atoms with Gasteiger partial charge in [0.2, 0.25) is 10.0 Å². The third-order valence-electron chi connectivity index (χ3n) is 6.15. The first-order valence-electron chi connectivity index (χ1n) is 12.6. The van der Waals surface area contributed by atoms with E-state index in [9.17, 15) is 18.0 Å². The van der Waals surface area contributed by atoms with Gasteiger partial charge in [0.05, 0.1) is 37.1 Å². The number of hydrogen-bond acceptors (Lipinski definition) is 10. The molecule has 0 aromatic carbocycles. The molecule has 1 fully saturated rings. The minimum Gasteiger partial charge on any atom is -0.372 e. The molecule has 2 N–H and O–H groups in total. The van der Waals surface area contributed by atoms with Crippen LogP contribution in [0.1, 0.15) is 58.7 Å². The van der Waals surface area contributed by atoms with Crippen molar-refractivity contribution in [3.05, 3.63) is 45.0 Å². The van der Waals surface area contributed by atoms with Gasteiger partial charge in [-0.25, -0.2) is 17.9 Å². The number of rotatable bonds is 13. The van der Waals surface area contributed by atoms with Gasteiger partial charge in [0.25, 0.3) is 14.1 Å². The second kappa shape index (κ2) is 13.2. The number of ether oxygens (including phenoxy) is 1. The van der Waals surface area contributed by atoms with Crippen molar-refractivity contribution in [2.75, 3.05) is 19.0 Å². The summed E-state index contributed by atoms with van der Waals surface area (Å²) in [6.07, 6.45) is 2.98. The van der Waals surface area contributed by atoms with E-state index in [1.807, 2.05) is 27.7 Å². The van der Waals surface area contributed by atoms with E-state index in [1.165, 1.54) is 21.3 Å². The Kier molecular flexibility index (Phi) is 10.5. The zero-order valence-corrected chi connectivity index (χ0v) is 24.1. The highest BCUT2D eigenvalue weighted by Gasteiger charge is 2.42. The van der Waals surface area contributed by atoms with Crippen molar-refractivity contribution in [2.45, 2.75) is 84.4 Å². The van der Waals surface area contributed by atoms with Crippen LogP contribution in [-0.4, -0.2) is 70.3 Å². The van der Waals surface area contributed by atoms with Crippen LogP contribution in [0.4, 0.5) is 0 Å². The van der Waals surface area contributed by atoms with Gasteiger partial charge in [-0.05, 0) is 41.0 Å². The number of nitrogens with zero attached hydrogens (tertiary/aromatic N) is 4. The Balaban J connectivity index is 1.88. The number of hydrogen-bond donors (Lipinski definition) is 2. The molecule has 4 atom stereocenters. The normalized spacial score (nSPS) is 22.4. The van der Waals surface area contributed by atoms with Crippen molar-refractivity contribution in [1.82, 2.24) is 23.8 Å². The van der Waals surface area contributed by atoms with E-state index < -0.39 is 48.2 Å². The van der Waals surface area contributed by atoms with Crippen LogP contribution < -0.4 is 16.6 Å². The summed E-state index contributed by atoms with van der Waals surface area (Å²) in [6.45, 7) is 10.0. The van der Waals surface area contributed by atoms with Crippen molar-refractivity contribution in [3.8, 4) is 6.07 Å². The van der Waals surface area contributed by atoms with E-state index in [4.69, 9.17) is 19.0 Å². The van der Waals surface area contributed by atoms with Gasteiger partial charge in [-0.3, -0.25) is 18.7 Å². The average molecular weight is 573 g/mol. The lowest BCUT2D eigenvalue weighted by Gasteiger charge is -2.37. The summed E-state index contributed by atoms with van der Waals surface area (Å²) < 4.78 is 49.0. The molecular weight excluding hydrogens is 535 g/mol. The quantitative estimate of drug-likeness (QED) is 0.264. The molecule has 13 nitrogen and oxygen atoms in total. The molecule has 3 rings (SSSR count). The monoisotopic (exact) mass is 572 g/mol. The Hall–Kier alpha value is -2.27. The summed E-state index contributed by atoms with van der Waals surface area (Å²) in [5.41, 5.74) is -0.756. The van der Waals surface area contributed by atoms with Crippen LogP contribution in [0.15, 0.2) is 28.2 Å². The minimum atomic E-state index is -3.60. The fourth-order valence-corrected chi connectivity index (χ4v) is 7.39. The number of H-pyrrole nitrogens is 1. The summed E-state index contributed by atoms with van der Waals surface area (Å²) >= 11 is 0. The highest BCUT2D eigenvalue weighted by atomic mass is 32.2. The summed E-state index contributed by atoms with van der Waals surface area (Å²) in [4.78, 5) is 26.8. The van der Waals surface area contributed by atoms with Gasteiger partial charge in [0.1, 0.15) is 12.9 Å². The lowest BCUT2D eigenvalue weighted by atomic mass is 10.1. The zero-order valence-electron chi connectivity index (χ0n) is 22.4. The molecule has 0 bridgehead atoms. The molecule has 0 aliphatic carbocycles. The van der Waals surface area contributed by atoms with Crippen molar-refractivity contribution in [3.63, 3.8) is 0 Å². The maximum Gasteiger partial charge on any atom is 0.330 e. The molecule has 0 saturated carbocycles. The maximum atomic E-state index is 12.9. The number of aryl methyl sites for hydroxylation is 1. The molecule has 212 valence electrons. The van der Waals surface area contributed by atoms with Gasteiger partial charge in [-0.2, -0.15) is 5.26 Å². The largest absolute Gasteiger partial charge is 0.372 e. The molecule has 0 spiro atoms. The molecule has 0 amide bonds. The van der Waals surface area contributed by atoms with Crippen LogP contribution in [0.3, 0.4) is 0 Å². The van der Waals surface area contributed by atoms with Crippen LogP contribution in [0, 0.1) is 18.3 Å². The lowest BCUT2D eigenvalue weighted by molar-refractivity contribution is -0.0199. The predicted molar refractivity (Wildman–Crippen MR) is 142 cm³/mol. The highest BCUT2D eigenvalue weighted by molar-refractivity contribution is 7.89. The van der Waals surface area contributed by atoms with Gasteiger partial charge < -0.3 is 19.1 Å².